The van der Waals surface area contributed by atoms with Crippen LogP contribution in [0.5, 0.6) is 0 Å². The Hall–Kier alpha value is -1.88. The van der Waals surface area contributed by atoms with Gasteiger partial charge in [0.1, 0.15) is 0 Å². The summed E-state index contributed by atoms with van der Waals surface area (Å²) in [5.41, 5.74) is 1.70. The number of hydrogen-bond acceptors (Lipinski definition) is 3. The van der Waals surface area contributed by atoms with E-state index in [0.717, 1.165) is 44.6 Å². The van der Waals surface area contributed by atoms with E-state index in [1.54, 1.807) is 0 Å². The van der Waals surface area contributed by atoms with Crippen molar-refractivity contribution >= 4 is 17.5 Å². The zero-order valence-corrected chi connectivity index (χ0v) is 14.3. The van der Waals surface area contributed by atoms with E-state index in [1.165, 1.54) is 12.8 Å². The van der Waals surface area contributed by atoms with Crippen molar-refractivity contribution in [1.29, 1.82) is 0 Å². The maximum Gasteiger partial charge on any atom is 0.253 e. The van der Waals surface area contributed by atoms with Crippen LogP contribution in [-0.4, -0.2) is 53.8 Å². The predicted octanol–water partition coefficient (Wildman–Crippen LogP) is 2.35. The molecule has 1 spiro atoms. The minimum Gasteiger partial charge on any atom is -0.337 e. The molecule has 0 bridgehead atoms. The number of piperidine rings is 1. The van der Waals surface area contributed by atoms with E-state index in [0.29, 0.717) is 5.56 Å². The molecular weight excluding hydrogens is 302 g/mol. The van der Waals surface area contributed by atoms with Gasteiger partial charge in [0.15, 0.2) is 0 Å². The Kier molecular flexibility index (Phi) is 3.83. The normalized spacial score (nSPS) is 27.0. The van der Waals surface area contributed by atoms with Crippen molar-refractivity contribution in [2.75, 3.05) is 32.0 Å². The molecule has 1 saturated carbocycles. The Morgan fingerprint density at radius 3 is 2.46 bits per heavy atom. The number of anilines is 1. The minimum absolute atomic E-state index is 0.0973. The zero-order valence-electron chi connectivity index (χ0n) is 14.3. The standard InChI is InChI=1S/C19H25N3O2/c1-21-12-10-19(21)9-2-11-22(13-19)18(24)15-5-7-16(8-6-15)20-17(23)14-3-4-14/h5-8,14H,2-4,9-13H2,1H3,(H,20,23). The molecule has 4 rings (SSSR count). The number of nitrogens with zero attached hydrogens (tertiary/aromatic N) is 2. The van der Waals surface area contributed by atoms with E-state index in [9.17, 15) is 9.59 Å². The van der Waals surface area contributed by atoms with E-state index in [2.05, 4.69) is 17.3 Å². The lowest BCUT2D eigenvalue weighted by atomic mass is 9.78. The third-order valence-electron chi connectivity index (χ3n) is 5.91. The third-order valence-corrected chi connectivity index (χ3v) is 5.91. The number of likely N-dealkylation sites (tertiary alicyclic amines) is 2. The summed E-state index contributed by atoms with van der Waals surface area (Å²) in [5, 5.41) is 2.92. The molecule has 2 saturated heterocycles. The fraction of sp³-hybridized carbons (Fsp3) is 0.579. The molecule has 1 aromatic carbocycles. The molecule has 128 valence electrons. The molecule has 1 aromatic rings. The van der Waals surface area contributed by atoms with Crippen molar-refractivity contribution in [1.82, 2.24) is 9.80 Å². The average molecular weight is 327 g/mol. The molecular formula is C19H25N3O2. The molecule has 2 heterocycles. The van der Waals surface area contributed by atoms with Crippen LogP contribution in [0.4, 0.5) is 5.69 Å². The first-order valence-electron chi connectivity index (χ1n) is 8.99. The smallest absolute Gasteiger partial charge is 0.253 e. The molecule has 5 heteroatoms. The van der Waals surface area contributed by atoms with Gasteiger partial charge in [-0.1, -0.05) is 0 Å². The van der Waals surface area contributed by atoms with Crippen molar-refractivity contribution in [2.24, 2.45) is 5.92 Å². The molecule has 1 atom stereocenters. The second-order valence-corrected chi connectivity index (χ2v) is 7.57. The number of carbonyl (C=O) groups excluding carboxylic acids is 2. The molecule has 1 unspecified atom stereocenters. The van der Waals surface area contributed by atoms with E-state index < -0.39 is 0 Å². The highest BCUT2D eigenvalue weighted by Crippen LogP contribution is 2.37. The second kappa shape index (κ2) is 5.88. The van der Waals surface area contributed by atoms with Crippen LogP contribution in [-0.2, 0) is 4.79 Å². The van der Waals surface area contributed by atoms with Gasteiger partial charge >= 0.3 is 0 Å². The van der Waals surface area contributed by atoms with E-state index >= 15 is 0 Å². The van der Waals surface area contributed by atoms with Gasteiger partial charge in [-0.15, -0.1) is 0 Å². The average Bonchev–Trinajstić information content (AvgIpc) is 3.46. The molecule has 2 amide bonds. The monoisotopic (exact) mass is 327 g/mol. The Bertz CT molecular complexity index is 653. The minimum atomic E-state index is 0.0973. The molecule has 0 radical (unpaired) electrons. The third kappa shape index (κ3) is 2.81. The molecule has 5 nitrogen and oxygen atoms in total. The number of amides is 2. The van der Waals surface area contributed by atoms with Gasteiger partial charge < -0.3 is 10.2 Å². The van der Waals surface area contributed by atoms with Crippen molar-refractivity contribution in [3.05, 3.63) is 29.8 Å². The van der Waals surface area contributed by atoms with Gasteiger partial charge in [0.2, 0.25) is 5.91 Å². The first-order valence-corrected chi connectivity index (χ1v) is 8.99. The predicted molar refractivity (Wildman–Crippen MR) is 92.9 cm³/mol. The number of benzene rings is 1. The van der Waals surface area contributed by atoms with Crippen LogP contribution < -0.4 is 5.32 Å². The van der Waals surface area contributed by atoms with Gasteiger partial charge in [-0.3, -0.25) is 14.5 Å². The summed E-state index contributed by atoms with van der Waals surface area (Å²) in [4.78, 5) is 29.0. The largest absolute Gasteiger partial charge is 0.337 e. The summed E-state index contributed by atoms with van der Waals surface area (Å²) in [6.07, 6.45) is 5.45. The summed E-state index contributed by atoms with van der Waals surface area (Å²) in [7, 11) is 2.16. The van der Waals surface area contributed by atoms with Crippen molar-refractivity contribution in [2.45, 2.75) is 37.6 Å². The first kappa shape index (κ1) is 15.6. The summed E-state index contributed by atoms with van der Waals surface area (Å²) < 4.78 is 0. The van der Waals surface area contributed by atoms with Crippen LogP contribution in [0.1, 0.15) is 42.5 Å². The van der Waals surface area contributed by atoms with Crippen LogP contribution in [0.2, 0.25) is 0 Å². The highest BCUT2D eigenvalue weighted by molar-refractivity contribution is 5.96. The van der Waals surface area contributed by atoms with Gasteiger partial charge in [0.25, 0.3) is 5.91 Å². The second-order valence-electron chi connectivity index (χ2n) is 7.57. The molecule has 3 fully saturated rings. The lowest BCUT2D eigenvalue weighted by Gasteiger charge is -2.55. The van der Waals surface area contributed by atoms with Crippen LogP contribution in [0, 0.1) is 5.92 Å². The summed E-state index contributed by atoms with van der Waals surface area (Å²) in [6, 6.07) is 7.33. The van der Waals surface area contributed by atoms with Crippen molar-refractivity contribution in [3.63, 3.8) is 0 Å². The lowest BCUT2D eigenvalue weighted by Crippen LogP contribution is -2.66. The topological polar surface area (TPSA) is 52.6 Å². The molecule has 3 aliphatic rings. The molecule has 1 aliphatic carbocycles. The van der Waals surface area contributed by atoms with Crippen LogP contribution in [0.3, 0.4) is 0 Å². The number of rotatable bonds is 3. The van der Waals surface area contributed by atoms with Gasteiger partial charge in [-0.2, -0.15) is 0 Å². The van der Waals surface area contributed by atoms with Gasteiger partial charge in [-0.05, 0) is 63.4 Å². The SMILES string of the molecule is CN1CCC12CCCN(C(=O)c1ccc(NC(=O)C3CC3)cc1)C2. The molecule has 1 N–H and O–H groups in total. The Morgan fingerprint density at radius 1 is 1.12 bits per heavy atom. The van der Waals surface area contributed by atoms with E-state index in [1.807, 2.05) is 29.2 Å². The highest BCUT2D eigenvalue weighted by Gasteiger charge is 2.46. The number of hydrogen-bond donors (Lipinski definition) is 1. The highest BCUT2D eigenvalue weighted by atomic mass is 16.2. The van der Waals surface area contributed by atoms with Crippen molar-refractivity contribution < 1.29 is 9.59 Å². The van der Waals surface area contributed by atoms with Crippen LogP contribution in [0.25, 0.3) is 0 Å². The first-order chi connectivity index (χ1) is 11.6. The molecule has 2 aliphatic heterocycles. The van der Waals surface area contributed by atoms with Gasteiger partial charge in [-0.25, -0.2) is 0 Å². The molecule has 24 heavy (non-hydrogen) atoms. The molecule has 0 aromatic heterocycles. The Morgan fingerprint density at radius 2 is 1.88 bits per heavy atom. The van der Waals surface area contributed by atoms with Gasteiger partial charge in [0.05, 0.1) is 0 Å². The maximum atomic E-state index is 12.8. The fourth-order valence-corrected chi connectivity index (χ4v) is 3.92. The quantitative estimate of drug-likeness (QED) is 0.927. The van der Waals surface area contributed by atoms with E-state index in [4.69, 9.17) is 0 Å². The van der Waals surface area contributed by atoms with Crippen LogP contribution in [0.15, 0.2) is 24.3 Å². The summed E-state index contributed by atoms with van der Waals surface area (Å²) >= 11 is 0. The van der Waals surface area contributed by atoms with Crippen LogP contribution >= 0.6 is 0 Å². The number of nitrogens with one attached hydrogen (secondary N) is 1. The summed E-state index contributed by atoms with van der Waals surface area (Å²) in [5.74, 6) is 0.393. The number of carbonyl (C=O) groups is 2. The van der Waals surface area contributed by atoms with Gasteiger partial charge in [0, 0.05) is 42.3 Å². The fourth-order valence-electron chi connectivity index (χ4n) is 3.92. The number of likely N-dealkylation sites (N-methyl/N-ethyl adjacent to an activating group) is 1. The Balaban J connectivity index is 1.41. The summed E-state index contributed by atoms with van der Waals surface area (Å²) in [6.45, 7) is 2.81. The van der Waals surface area contributed by atoms with Crippen molar-refractivity contribution in [3.8, 4) is 0 Å². The zero-order chi connectivity index (χ0) is 16.7. The lowest BCUT2D eigenvalue weighted by molar-refractivity contribution is -0.117. The Labute approximate surface area is 143 Å². The maximum absolute atomic E-state index is 12.8. The van der Waals surface area contributed by atoms with E-state index in [-0.39, 0.29) is 23.3 Å².